The minimum Gasteiger partial charge on any atom is -0.355 e. The minimum absolute atomic E-state index is 0.0466. The first-order chi connectivity index (χ1) is 11.7. The summed E-state index contributed by atoms with van der Waals surface area (Å²) in [4.78, 5) is 12.9. The molecule has 0 saturated carbocycles. The predicted molar refractivity (Wildman–Crippen MR) is 103 cm³/mol. The van der Waals surface area contributed by atoms with Gasteiger partial charge in [0.15, 0.2) is 0 Å². The summed E-state index contributed by atoms with van der Waals surface area (Å²) in [6, 6.07) is 17.2. The molecule has 0 aliphatic heterocycles. The average molecular weight is 377 g/mol. The Morgan fingerprint density at radius 1 is 1.12 bits per heavy atom. The maximum atomic E-state index is 11.8. The van der Waals surface area contributed by atoms with E-state index in [-0.39, 0.29) is 5.91 Å². The fraction of sp³-hybridized carbons (Fsp3) is 0.222. The fourth-order valence-electron chi connectivity index (χ4n) is 1.88. The van der Waals surface area contributed by atoms with Crippen molar-refractivity contribution < 1.29 is 4.79 Å². The van der Waals surface area contributed by atoms with Crippen LogP contribution < -0.4 is 5.32 Å². The highest BCUT2D eigenvalue weighted by atomic mass is 35.5. The van der Waals surface area contributed by atoms with E-state index in [1.807, 2.05) is 36.4 Å². The van der Waals surface area contributed by atoms with Crippen LogP contribution in [-0.4, -0.2) is 24.0 Å². The summed E-state index contributed by atoms with van der Waals surface area (Å²) < 4.78 is 0. The molecule has 1 N–H and O–H groups in total. The van der Waals surface area contributed by atoms with Crippen LogP contribution in [0.15, 0.2) is 53.4 Å². The number of hydrogen-bond donors (Lipinski definition) is 1. The van der Waals surface area contributed by atoms with Crippen molar-refractivity contribution in [3.63, 3.8) is 0 Å². The normalized spacial score (nSPS) is 10.2. The summed E-state index contributed by atoms with van der Waals surface area (Å²) in [6.45, 7) is 0.642. The average Bonchev–Trinajstić information content (AvgIpc) is 2.61. The Balaban J connectivity index is 1.57. The molecule has 2 rings (SSSR count). The van der Waals surface area contributed by atoms with Crippen molar-refractivity contribution in [1.29, 1.82) is 5.26 Å². The molecule has 1 amide bonds. The van der Waals surface area contributed by atoms with Gasteiger partial charge in [0.2, 0.25) is 5.91 Å². The van der Waals surface area contributed by atoms with Gasteiger partial charge < -0.3 is 5.32 Å². The molecule has 6 heteroatoms. The summed E-state index contributed by atoms with van der Waals surface area (Å²) >= 11 is 9.10. The van der Waals surface area contributed by atoms with E-state index < -0.39 is 0 Å². The van der Waals surface area contributed by atoms with Gasteiger partial charge in [-0.15, -0.1) is 23.5 Å². The highest BCUT2D eigenvalue weighted by Crippen LogP contribution is 2.19. The highest BCUT2D eigenvalue weighted by Gasteiger charge is 2.02. The van der Waals surface area contributed by atoms with Crippen LogP contribution in [0.5, 0.6) is 0 Å². The molecule has 0 aliphatic rings. The molecule has 0 fully saturated rings. The number of rotatable bonds is 8. The molecular formula is C18H17ClN2OS2. The van der Waals surface area contributed by atoms with E-state index in [1.54, 1.807) is 35.7 Å². The number of nitriles is 1. The quantitative estimate of drug-likeness (QED) is 0.549. The van der Waals surface area contributed by atoms with Crippen molar-refractivity contribution in [2.75, 3.05) is 18.1 Å². The Morgan fingerprint density at radius 2 is 1.83 bits per heavy atom. The van der Waals surface area contributed by atoms with Gasteiger partial charge >= 0.3 is 0 Å². The van der Waals surface area contributed by atoms with E-state index in [2.05, 4.69) is 11.4 Å². The summed E-state index contributed by atoms with van der Waals surface area (Å²) in [6.07, 6.45) is 0. The van der Waals surface area contributed by atoms with Gasteiger partial charge in [-0.2, -0.15) is 5.26 Å². The van der Waals surface area contributed by atoms with Crippen molar-refractivity contribution in [2.24, 2.45) is 0 Å². The van der Waals surface area contributed by atoms with Crippen LogP contribution in [0.3, 0.4) is 0 Å². The van der Waals surface area contributed by atoms with Crippen LogP contribution in [0.2, 0.25) is 5.02 Å². The molecule has 0 spiro atoms. The fourth-order valence-corrected chi connectivity index (χ4v) is 3.59. The molecular weight excluding hydrogens is 360 g/mol. The van der Waals surface area contributed by atoms with Gasteiger partial charge in [-0.1, -0.05) is 23.7 Å². The maximum absolute atomic E-state index is 11.8. The first-order valence-electron chi connectivity index (χ1n) is 7.39. The minimum atomic E-state index is 0.0466. The number of amides is 1. The third-order valence-corrected chi connectivity index (χ3v) is 5.36. The molecule has 24 heavy (non-hydrogen) atoms. The molecule has 0 bridgehead atoms. The molecule has 2 aromatic rings. The van der Waals surface area contributed by atoms with Crippen molar-refractivity contribution in [1.82, 2.24) is 5.32 Å². The van der Waals surface area contributed by atoms with Gasteiger partial charge in [0.1, 0.15) is 0 Å². The van der Waals surface area contributed by atoms with Crippen LogP contribution in [0.1, 0.15) is 11.1 Å². The molecule has 124 valence electrons. The zero-order valence-electron chi connectivity index (χ0n) is 13.0. The molecule has 0 saturated heterocycles. The van der Waals surface area contributed by atoms with E-state index in [4.69, 9.17) is 16.9 Å². The summed E-state index contributed by atoms with van der Waals surface area (Å²) in [7, 11) is 0. The monoisotopic (exact) mass is 376 g/mol. The second-order valence-corrected chi connectivity index (χ2v) is 7.54. The van der Waals surface area contributed by atoms with E-state index in [1.165, 1.54) is 0 Å². The van der Waals surface area contributed by atoms with Crippen LogP contribution in [0.25, 0.3) is 0 Å². The van der Waals surface area contributed by atoms with Gasteiger partial charge in [-0.25, -0.2) is 0 Å². The molecule has 0 heterocycles. The van der Waals surface area contributed by atoms with E-state index in [0.717, 1.165) is 27.0 Å². The molecule has 0 unspecified atom stereocenters. The molecule has 0 aliphatic carbocycles. The van der Waals surface area contributed by atoms with Crippen LogP contribution >= 0.6 is 35.1 Å². The lowest BCUT2D eigenvalue weighted by Crippen LogP contribution is -2.27. The van der Waals surface area contributed by atoms with Crippen LogP contribution in [0.4, 0.5) is 0 Å². The van der Waals surface area contributed by atoms with Gasteiger partial charge in [0.25, 0.3) is 0 Å². The molecule has 0 aromatic heterocycles. The third-order valence-electron chi connectivity index (χ3n) is 3.09. The van der Waals surface area contributed by atoms with Crippen molar-refractivity contribution in [3.05, 3.63) is 64.7 Å². The van der Waals surface area contributed by atoms with Gasteiger partial charge in [-0.3, -0.25) is 4.79 Å². The van der Waals surface area contributed by atoms with Crippen molar-refractivity contribution in [3.8, 4) is 6.07 Å². The smallest absolute Gasteiger partial charge is 0.230 e. The lowest BCUT2D eigenvalue weighted by Gasteiger charge is -2.06. The number of nitrogens with one attached hydrogen (secondary N) is 1. The number of halogens is 1. The number of carbonyl (C=O) groups is 1. The van der Waals surface area contributed by atoms with Gasteiger partial charge in [-0.05, 0) is 42.0 Å². The Bertz CT molecular complexity index is 696. The molecule has 0 atom stereocenters. The number of carbonyl (C=O) groups excluding carboxylic acids is 1. The van der Waals surface area contributed by atoms with Crippen LogP contribution in [0, 0.1) is 11.3 Å². The van der Waals surface area contributed by atoms with Crippen molar-refractivity contribution >= 4 is 41.0 Å². The second kappa shape index (κ2) is 10.3. The maximum Gasteiger partial charge on any atom is 0.230 e. The lowest BCUT2D eigenvalue weighted by molar-refractivity contribution is -0.118. The largest absolute Gasteiger partial charge is 0.355 e. The first-order valence-corrected chi connectivity index (χ1v) is 9.91. The summed E-state index contributed by atoms with van der Waals surface area (Å²) in [5.74, 6) is 2.07. The Hall–Kier alpha value is -1.61. The van der Waals surface area contributed by atoms with Gasteiger partial charge in [0, 0.05) is 28.0 Å². The summed E-state index contributed by atoms with van der Waals surface area (Å²) in [5, 5.41) is 12.4. The number of benzene rings is 2. The second-order valence-electron chi connectivity index (χ2n) is 4.95. The predicted octanol–water partition coefficient (Wildman–Crippen LogP) is 4.35. The molecule has 3 nitrogen and oxygen atoms in total. The van der Waals surface area contributed by atoms with E-state index in [9.17, 15) is 4.79 Å². The van der Waals surface area contributed by atoms with Gasteiger partial charge in [0.05, 0.1) is 17.4 Å². The molecule has 2 aromatic carbocycles. The highest BCUT2D eigenvalue weighted by molar-refractivity contribution is 7.99. The zero-order valence-corrected chi connectivity index (χ0v) is 15.4. The lowest BCUT2D eigenvalue weighted by atomic mass is 10.2. The van der Waals surface area contributed by atoms with E-state index >= 15 is 0 Å². The molecule has 0 radical (unpaired) electrons. The van der Waals surface area contributed by atoms with E-state index in [0.29, 0.717) is 17.9 Å². The number of thioether (sulfide) groups is 2. The number of nitrogens with zero attached hydrogens (tertiary/aromatic N) is 1. The Morgan fingerprint density at radius 3 is 2.50 bits per heavy atom. The first kappa shape index (κ1) is 18.7. The standard InChI is InChI=1S/C18H17ClN2OS2/c19-16-5-7-17(8-6-16)24-10-9-21-18(22)13-23-12-15-3-1-14(11-20)2-4-15/h1-8H,9-10,12-13H2,(H,21,22). The number of hydrogen-bond acceptors (Lipinski definition) is 4. The summed E-state index contributed by atoms with van der Waals surface area (Å²) in [5.41, 5.74) is 1.77. The third kappa shape index (κ3) is 6.88. The van der Waals surface area contributed by atoms with Crippen LogP contribution in [-0.2, 0) is 10.5 Å². The van der Waals surface area contributed by atoms with Crippen molar-refractivity contribution in [2.45, 2.75) is 10.6 Å². The zero-order chi connectivity index (χ0) is 17.2. The Kier molecular flexibility index (Phi) is 8.03. The Labute approximate surface area is 155 Å². The SMILES string of the molecule is N#Cc1ccc(CSCC(=O)NCCSc2ccc(Cl)cc2)cc1. The topological polar surface area (TPSA) is 52.9 Å².